The van der Waals surface area contributed by atoms with Gasteiger partial charge in [-0.2, -0.15) is 4.98 Å². The van der Waals surface area contributed by atoms with Crippen LogP contribution < -0.4 is 15.8 Å². The van der Waals surface area contributed by atoms with Gasteiger partial charge in [0.25, 0.3) is 0 Å². The first-order chi connectivity index (χ1) is 9.50. The number of aromatic nitrogens is 1. The number of ether oxygens (including phenoxy) is 1. The molecule has 0 aromatic carbocycles. The van der Waals surface area contributed by atoms with Crippen molar-refractivity contribution in [3.63, 3.8) is 0 Å². The Kier molecular flexibility index (Phi) is 4.69. The molecule has 1 saturated carbocycles. The van der Waals surface area contributed by atoms with E-state index in [2.05, 4.69) is 10.3 Å². The van der Waals surface area contributed by atoms with Gasteiger partial charge in [-0.1, -0.05) is 6.92 Å². The molecule has 0 spiro atoms. The van der Waals surface area contributed by atoms with E-state index in [1.165, 1.54) is 12.8 Å². The molecule has 3 N–H and O–H groups in total. The zero-order chi connectivity index (χ0) is 14.6. The molecule has 0 amide bonds. The Hall–Kier alpha value is -1.50. The fourth-order valence-corrected chi connectivity index (χ4v) is 2.33. The third kappa shape index (κ3) is 4.56. The highest BCUT2D eigenvalue weighted by Crippen LogP contribution is 2.30. The van der Waals surface area contributed by atoms with Crippen LogP contribution in [0.1, 0.15) is 19.8 Å². The lowest BCUT2D eigenvalue weighted by Crippen LogP contribution is -2.17. The van der Waals surface area contributed by atoms with Crippen molar-refractivity contribution in [3.05, 3.63) is 12.1 Å². The van der Waals surface area contributed by atoms with Gasteiger partial charge in [0.05, 0.1) is 18.0 Å². The van der Waals surface area contributed by atoms with E-state index in [0.29, 0.717) is 36.5 Å². The maximum Gasteiger partial charge on any atom is 0.239 e. The summed E-state index contributed by atoms with van der Waals surface area (Å²) in [7, 11) is -2.97. The second-order valence-corrected chi connectivity index (χ2v) is 7.48. The van der Waals surface area contributed by atoms with Gasteiger partial charge in [0.2, 0.25) is 5.88 Å². The lowest BCUT2D eigenvalue weighted by Gasteiger charge is -2.10. The summed E-state index contributed by atoms with van der Waals surface area (Å²) in [5.74, 6) is 1.87. The standard InChI is InChI=1S/C13H21N3O3S/c1-2-20(17,18)8-7-15-12-6-5-11(14)13(16-12)19-9-10-3-4-10/h5-6,10H,2-4,7-9,14H2,1H3,(H,15,16). The van der Waals surface area contributed by atoms with Crippen molar-refractivity contribution in [1.82, 2.24) is 4.98 Å². The summed E-state index contributed by atoms with van der Waals surface area (Å²) < 4.78 is 28.4. The minimum Gasteiger partial charge on any atom is -0.476 e. The average molecular weight is 299 g/mol. The minimum absolute atomic E-state index is 0.0911. The van der Waals surface area contributed by atoms with Crippen molar-refractivity contribution in [2.45, 2.75) is 19.8 Å². The van der Waals surface area contributed by atoms with Gasteiger partial charge in [-0.05, 0) is 30.9 Å². The molecule has 0 atom stereocenters. The van der Waals surface area contributed by atoms with Crippen molar-refractivity contribution >= 4 is 21.3 Å². The van der Waals surface area contributed by atoms with Crippen LogP contribution in [-0.2, 0) is 9.84 Å². The number of hydrogen-bond acceptors (Lipinski definition) is 6. The number of nitrogens with one attached hydrogen (secondary N) is 1. The fraction of sp³-hybridized carbons (Fsp3) is 0.615. The Morgan fingerprint density at radius 2 is 2.20 bits per heavy atom. The molecule has 7 heteroatoms. The number of nitrogens with zero attached hydrogens (tertiary/aromatic N) is 1. The second kappa shape index (κ2) is 6.30. The zero-order valence-corrected chi connectivity index (χ0v) is 12.4. The first-order valence-corrected chi connectivity index (χ1v) is 8.66. The van der Waals surface area contributed by atoms with Crippen LogP contribution in [0.4, 0.5) is 11.5 Å². The number of anilines is 2. The predicted molar refractivity (Wildman–Crippen MR) is 79.7 cm³/mol. The van der Waals surface area contributed by atoms with Crippen LogP contribution in [0.2, 0.25) is 0 Å². The van der Waals surface area contributed by atoms with Gasteiger partial charge >= 0.3 is 0 Å². The van der Waals surface area contributed by atoms with E-state index in [1.807, 2.05) is 0 Å². The van der Waals surface area contributed by atoms with Crippen LogP contribution in [0.5, 0.6) is 5.88 Å². The molecule has 20 heavy (non-hydrogen) atoms. The van der Waals surface area contributed by atoms with Gasteiger partial charge in [0.1, 0.15) is 5.82 Å². The Labute approximate surface area is 119 Å². The summed E-state index contributed by atoms with van der Waals surface area (Å²) in [6, 6.07) is 3.43. The molecule has 0 aliphatic heterocycles. The number of sulfone groups is 1. The van der Waals surface area contributed by atoms with Crippen LogP contribution >= 0.6 is 0 Å². The van der Waals surface area contributed by atoms with E-state index in [4.69, 9.17) is 10.5 Å². The smallest absolute Gasteiger partial charge is 0.239 e. The highest BCUT2D eigenvalue weighted by atomic mass is 32.2. The third-order valence-electron chi connectivity index (χ3n) is 3.20. The molecule has 1 aliphatic carbocycles. The minimum atomic E-state index is -2.97. The molecule has 6 nitrogen and oxygen atoms in total. The molecule has 0 radical (unpaired) electrons. The predicted octanol–water partition coefficient (Wildman–Crippen LogP) is 1.30. The largest absolute Gasteiger partial charge is 0.476 e. The lowest BCUT2D eigenvalue weighted by molar-refractivity contribution is 0.290. The van der Waals surface area contributed by atoms with Crippen molar-refractivity contribution < 1.29 is 13.2 Å². The van der Waals surface area contributed by atoms with Crippen LogP contribution in [0, 0.1) is 5.92 Å². The Morgan fingerprint density at radius 1 is 1.45 bits per heavy atom. The maximum absolute atomic E-state index is 11.4. The lowest BCUT2D eigenvalue weighted by atomic mass is 10.4. The zero-order valence-electron chi connectivity index (χ0n) is 11.6. The third-order valence-corrected chi connectivity index (χ3v) is 4.91. The topological polar surface area (TPSA) is 94.3 Å². The highest BCUT2D eigenvalue weighted by molar-refractivity contribution is 7.91. The summed E-state index contributed by atoms with van der Waals surface area (Å²) in [4.78, 5) is 4.26. The normalized spacial score (nSPS) is 15.1. The van der Waals surface area contributed by atoms with E-state index in [-0.39, 0.29) is 11.5 Å². The van der Waals surface area contributed by atoms with Crippen molar-refractivity contribution in [1.29, 1.82) is 0 Å². The van der Waals surface area contributed by atoms with Crippen molar-refractivity contribution in [3.8, 4) is 5.88 Å². The quantitative estimate of drug-likeness (QED) is 0.751. The summed E-state index contributed by atoms with van der Waals surface area (Å²) in [5, 5.41) is 2.98. The van der Waals surface area contributed by atoms with E-state index in [9.17, 15) is 8.42 Å². The molecule has 1 heterocycles. The summed E-state index contributed by atoms with van der Waals surface area (Å²) in [6.45, 7) is 2.61. The first-order valence-electron chi connectivity index (χ1n) is 6.84. The van der Waals surface area contributed by atoms with Crippen molar-refractivity contribution in [2.75, 3.05) is 35.7 Å². The number of pyridine rings is 1. The van der Waals surface area contributed by atoms with E-state index in [0.717, 1.165) is 0 Å². The van der Waals surface area contributed by atoms with Crippen LogP contribution in [0.3, 0.4) is 0 Å². The number of rotatable bonds is 8. The Bertz CT molecular complexity index is 556. The van der Waals surface area contributed by atoms with Gasteiger partial charge in [-0.15, -0.1) is 0 Å². The van der Waals surface area contributed by atoms with Crippen LogP contribution in [-0.4, -0.2) is 38.1 Å². The SMILES string of the molecule is CCS(=O)(=O)CCNc1ccc(N)c(OCC2CC2)n1. The number of hydrogen-bond donors (Lipinski definition) is 2. The van der Waals surface area contributed by atoms with Gasteiger partial charge in [-0.25, -0.2) is 8.42 Å². The number of nitrogens with two attached hydrogens (primary N) is 1. The molecule has 1 fully saturated rings. The molecular weight excluding hydrogens is 278 g/mol. The number of nitrogen functional groups attached to an aromatic ring is 1. The van der Waals surface area contributed by atoms with Crippen molar-refractivity contribution in [2.24, 2.45) is 5.92 Å². The summed E-state index contributed by atoms with van der Waals surface area (Å²) in [5.41, 5.74) is 6.30. The maximum atomic E-state index is 11.4. The molecular formula is C13H21N3O3S. The molecule has 0 saturated heterocycles. The second-order valence-electron chi connectivity index (χ2n) is 5.01. The fourth-order valence-electron chi connectivity index (χ4n) is 1.63. The van der Waals surface area contributed by atoms with Gasteiger partial charge in [0.15, 0.2) is 9.84 Å². The molecule has 2 rings (SSSR count). The molecule has 112 valence electrons. The van der Waals surface area contributed by atoms with E-state index < -0.39 is 9.84 Å². The highest BCUT2D eigenvalue weighted by Gasteiger charge is 2.22. The van der Waals surface area contributed by atoms with Gasteiger partial charge in [0, 0.05) is 12.3 Å². The van der Waals surface area contributed by atoms with Crippen LogP contribution in [0.25, 0.3) is 0 Å². The average Bonchev–Trinajstić information content (AvgIpc) is 3.23. The van der Waals surface area contributed by atoms with E-state index >= 15 is 0 Å². The molecule has 0 bridgehead atoms. The molecule has 1 aromatic rings. The Morgan fingerprint density at radius 3 is 2.85 bits per heavy atom. The monoisotopic (exact) mass is 299 g/mol. The molecule has 0 unspecified atom stereocenters. The summed E-state index contributed by atoms with van der Waals surface area (Å²) in [6.07, 6.45) is 2.40. The van der Waals surface area contributed by atoms with Gasteiger partial charge < -0.3 is 15.8 Å². The van der Waals surface area contributed by atoms with E-state index in [1.54, 1.807) is 19.1 Å². The molecule has 1 aromatic heterocycles. The molecule has 1 aliphatic rings. The van der Waals surface area contributed by atoms with Crippen LogP contribution in [0.15, 0.2) is 12.1 Å². The first kappa shape index (κ1) is 14.9. The Balaban J connectivity index is 1.89. The van der Waals surface area contributed by atoms with Gasteiger partial charge in [-0.3, -0.25) is 0 Å². The summed E-state index contributed by atoms with van der Waals surface area (Å²) >= 11 is 0.